The number of aryl methyl sites for hydroxylation is 1. The van der Waals surface area contributed by atoms with Gasteiger partial charge in [0.1, 0.15) is 23.6 Å². The fourth-order valence-electron chi connectivity index (χ4n) is 2.29. The first-order valence-corrected chi connectivity index (χ1v) is 8.62. The minimum absolute atomic E-state index is 0.311. The maximum Gasteiger partial charge on any atom is 0.228 e. The average Bonchev–Trinajstić information content (AvgIpc) is 2.55. The molecular formula is C18H20BrF2N3O. The summed E-state index contributed by atoms with van der Waals surface area (Å²) < 4.78 is 33.1. The molecule has 134 valence electrons. The maximum atomic E-state index is 13.4. The molecule has 4 nitrogen and oxygen atoms in total. The lowest BCUT2D eigenvalue weighted by Crippen LogP contribution is -2.27. The SMILES string of the molecule is CCN(C)C(=N)c1cc(Br)c(O[C@@H](C)c2cc(F)cc(F)c2)nc1C. The number of aromatic nitrogens is 1. The standard InChI is InChI=1S/C18H20BrF2N3O/c1-5-24(4)17(22)15-9-16(19)18(23-10(15)2)25-11(3)12-6-13(20)8-14(21)7-12/h6-9,11,22H,5H2,1-4H3/t11-/m0/s1. The van der Waals surface area contributed by atoms with Crippen LogP contribution in [-0.2, 0) is 0 Å². The van der Waals surface area contributed by atoms with Crippen LogP contribution < -0.4 is 4.74 Å². The van der Waals surface area contributed by atoms with Crippen molar-refractivity contribution in [1.29, 1.82) is 5.41 Å². The molecule has 2 aromatic rings. The van der Waals surface area contributed by atoms with E-state index in [9.17, 15) is 8.78 Å². The van der Waals surface area contributed by atoms with Crippen molar-refractivity contribution in [1.82, 2.24) is 9.88 Å². The normalized spacial score (nSPS) is 12.0. The summed E-state index contributed by atoms with van der Waals surface area (Å²) in [4.78, 5) is 6.20. The van der Waals surface area contributed by atoms with Gasteiger partial charge in [0.05, 0.1) is 10.2 Å². The van der Waals surface area contributed by atoms with E-state index in [-0.39, 0.29) is 0 Å². The van der Waals surface area contributed by atoms with Gasteiger partial charge in [0.25, 0.3) is 0 Å². The highest BCUT2D eigenvalue weighted by Gasteiger charge is 2.17. The van der Waals surface area contributed by atoms with Crippen molar-refractivity contribution in [3.05, 3.63) is 57.2 Å². The number of nitrogens with zero attached hydrogens (tertiary/aromatic N) is 2. The Labute approximate surface area is 154 Å². The first kappa shape index (κ1) is 19.3. The summed E-state index contributed by atoms with van der Waals surface area (Å²) in [6, 6.07) is 5.05. The molecule has 0 bridgehead atoms. The Balaban J connectivity index is 2.28. The van der Waals surface area contributed by atoms with Crippen LogP contribution >= 0.6 is 15.9 Å². The lowest BCUT2D eigenvalue weighted by Gasteiger charge is -2.21. The van der Waals surface area contributed by atoms with Gasteiger partial charge in [-0.3, -0.25) is 5.41 Å². The summed E-state index contributed by atoms with van der Waals surface area (Å²) in [5.74, 6) is -0.634. The van der Waals surface area contributed by atoms with Crippen molar-refractivity contribution in [3.8, 4) is 5.88 Å². The number of ether oxygens (including phenoxy) is 1. The number of benzene rings is 1. The highest BCUT2D eigenvalue weighted by atomic mass is 79.9. The molecule has 0 radical (unpaired) electrons. The van der Waals surface area contributed by atoms with Crippen molar-refractivity contribution in [3.63, 3.8) is 0 Å². The highest BCUT2D eigenvalue weighted by Crippen LogP contribution is 2.30. The van der Waals surface area contributed by atoms with Gasteiger partial charge in [0.15, 0.2) is 0 Å². The Morgan fingerprint density at radius 3 is 2.44 bits per heavy atom. The Bertz CT molecular complexity index is 778. The van der Waals surface area contributed by atoms with Crippen LogP contribution in [0.25, 0.3) is 0 Å². The lowest BCUT2D eigenvalue weighted by atomic mass is 10.1. The van der Waals surface area contributed by atoms with Gasteiger partial charge in [-0.15, -0.1) is 0 Å². The van der Waals surface area contributed by atoms with Crippen LogP contribution in [0, 0.1) is 24.0 Å². The number of rotatable bonds is 5. The Kier molecular flexibility index (Phi) is 6.11. The molecule has 0 aliphatic heterocycles. The Hall–Kier alpha value is -2.02. The van der Waals surface area contributed by atoms with Gasteiger partial charge in [-0.2, -0.15) is 0 Å². The summed E-state index contributed by atoms with van der Waals surface area (Å²) in [6.07, 6.45) is -0.586. The number of amidine groups is 1. The predicted molar refractivity (Wildman–Crippen MR) is 97.2 cm³/mol. The van der Waals surface area contributed by atoms with Crippen LogP contribution in [0.1, 0.15) is 36.8 Å². The third kappa shape index (κ3) is 4.54. The second kappa shape index (κ2) is 7.91. The second-order valence-corrected chi connectivity index (χ2v) is 6.59. The smallest absolute Gasteiger partial charge is 0.228 e. The summed E-state index contributed by atoms with van der Waals surface area (Å²) >= 11 is 3.40. The van der Waals surface area contributed by atoms with E-state index in [0.29, 0.717) is 39.6 Å². The third-order valence-electron chi connectivity index (χ3n) is 3.89. The van der Waals surface area contributed by atoms with E-state index in [4.69, 9.17) is 10.1 Å². The number of halogens is 3. The molecule has 1 aromatic carbocycles. The van der Waals surface area contributed by atoms with Gasteiger partial charge in [0.2, 0.25) is 5.88 Å². The molecule has 0 saturated carbocycles. The van der Waals surface area contributed by atoms with Crippen molar-refractivity contribution < 1.29 is 13.5 Å². The van der Waals surface area contributed by atoms with E-state index in [2.05, 4.69) is 20.9 Å². The molecule has 0 amide bonds. The van der Waals surface area contributed by atoms with Gasteiger partial charge in [-0.1, -0.05) is 0 Å². The minimum Gasteiger partial charge on any atom is -0.469 e. The number of hydrogen-bond donors (Lipinski definition) is 1. The van der Waals surface area contributed by atoms with Crippen molar-refractivity contribution in [2.75, 3.05) is 13.6 Å². The third-order valence-corrected chi connectivity index (χ3v) is 4.46. The quantitative estimate of drug-likeness (QED) is 0.565. The average molecular weight is 412 g/mol. The molecule has 25 heavy (non-hydrogen) atoms. The zero-order valence-electron chi connectivity index (χ0n) is 14.5. The zero-order chi connectivity index (χ0) is 18.7. The van der Waals surface area contributed by atoms with E-state index in [1.807, 2.05) is 14.0 Å². The topological polar surface area (TPSA) is 49.2 Å². The largest absolute Gasteiger partial charge is 0.469 e. The molecular weight excluding hydrogens is 392 g/mol. The zero-order valence-corrected chi connectivity index (χ0v) is 16.1. The van der Waals surface area contributed by atoms with E-state index in [1.54, 1.807) is 24.8 Å². The molecule has 0 aliphatic carbocycles. The Morgan fingerprint density at radius 1 is 1.28 bits per heavy atom. The molecule has 0 spiro atoms. The van der Waals surface area contributed by atoms with E-state index in [0.717, 1.165) is 6.07 Å². The molecule has 0 saturated heterocycles. The first-order valence-electron chi connectivity index (χ1n) is 7.82. The number of hydrogen-bond acceptors (Lipinski definition) is 3. The van der Waals surface area contributed by atoms with E-state index in [1.165, 1.54) is 12.1 Å². The van der Waals surface area contributed by atoms with Crippen LogP contribution in [-0.4, -0.2) is 29.3 Å². The predicted octanol–water partition coefficient (Wildman–Crippen LogP) is 4.85. The number of pyridine rings is 1. The molecule has 0 unspecified atom stereocenters. The van der Waals surface area contributed by atoms with Crippen molar-refractivity contribution in [2.24, 2.45) is 0 Å². The number of nitrogens with one attached hydrogen (secondary N) is 1. The molecule has 2 rings (SSSR count). The van der Waals surface area contributed by atoms with Gasteiger partial charge in [-0.05, 0) is 60.5 Å². The van der Waals surface area contributed by atoms with Crippen molar-refractivity contribution in [2.45, 2.75) is 26.9 Å². The second-order valence-electron chi connectivity index (χ2n) is 5.73. The van der Waals surface area contributed by atoms with Gasteiger partial charge in [0, 0.05) is 25.2 Å². The lowest BCUT2D eigenvalue weighted by molar-refractivity contribution is 0.214. The monoisotopic (exact) mass is 411 g/mol. The molecule has 1 N–H and O–H groups in total. The van der Waals surface area contributed by atoms with Gasteiger partial charge in [-0.25, -0.2) is 13.8 Å². The summed E-state index contributed by atoms with van der Waals surface area (Å²) in [6.45, 7) is 6.15. The van der Waals surface area contributed by atoms with Crippen LogP contribution in [0.5, 0.6) is 5.88 Å². The van der Waals surface area contributed by atoms with E-state index >= 15 is 0 Å². The fourth-order valence-corrected chi connectivity index (χ4v) is 2.70. The minimum atomic E-state index is -0.653. The van der Waals surface area contributed by atoms with Crippen LogP contribution in [0.3, 0.4) is 0 Å². The molecule has 1 heterocycles. The summed E-state index contributed by atoms with van der Waals surface area (Å²) in [5, 5.41) is 8.21. The summed E-state index contributed by atoms with van der Waals surface area (Å²) in [5.41, 5.74) is 1.71. The molecule has 0 aliphatic rings. The summed E-state index contributed by atoms with van der Waals surface area (Å²) in [7, 11) is 1.83. The maximum absolute atomic E-state index is 13.4. The van der Waals surface area contributed by atoms with Crippen LogP contribution in [0.4, 0.5) is 8.78 Å². The highest BCUT2D eigenvalue weighted by molar-refractivity contribution is 9.10. The molecule has 7 heteroatoms. The molecule has 0 fully saturated rings. The molecule has 1 atom stereocenters. The fraction of sp³-hybridized carbons (Fsp3) is 0.333. The first-order chi connectivity index (χ1) is 11.7. The van der Waals surface area contributed by atoms with Gasteiger partial charge < -0.3 is 9.64 Å². The van der Waals surface area contributed by atoms with Crippen LogP contribution in [0.2, 0.25) is 0 Å². The van der Waals surface area contributed by atoms with Crippen molar-refractivity contribution >= 4 is 21.8 Å². The molecule has 1 aromatic heterocycles. The Morgan fingerprint density at radius 2 is 1.88 bits per heavy atom. The van der Waals surface area contributed by atoms with Crippen LogP contribution in [0.15, 0.2) is 28.7 Å². The van der Waals surface area contributed by atoms with E-state index < -0.39 is 17.7 Å². The van der Waals surface area contributed by atoms with Gasteiger partial charge >= 0.3 is 0 Å².